The van der Waals surface area contributed by atoms with E-state index in [1.807, 2.05) is 6.92 Å². The lowest BCUT2D eigenvalue weighted by Gasteiger charge is -2.42. The quantitative estimate of drug-likeness (QED) is 0.423. The van der Waals surface area contributed by atoms with Crippen molar-refractivity contribution in [2.45, 2.75) is 32.6 Å². The number of ether oxygens (including phenoxy) is 5. The zero-order chi connectivity index (χ0) is 27.4. The normalized spacial score (nSPS) is 14.9. The average molecular weight is 525 g/mol. The maximum Gasteiger partial charge on any atom is 0.262 e. The number of fused-ring (bicyclic) bond motifs is 1. The largest absolute Gasteiger partial charge is 0.488 e. The molecule has 0 aliphatic carbocycles. The van der Waals surface area contributed by atoms with Crippen LogP contribution in [0.5, 0.6) is 23.0 Å². The Morgan fingerprint density at radius 1 is 1.08 bits per heavy atom. The van der Waals surface area contributed by atoms with Gasteiger partial charge in [-0.15, -0.1) is 0 Å². The number of aromatic nitrogens is 2. The first-order chi connectivity index (χ1) is 18.1. The third-order valence-electron chi connectivity index (χ3n) is 5.77. The van der Waals surface area contributed by atoms with E-state index in [9.17, 15) is 9.59 Å². The van der Waals surface area contributed by atoms with Gasteiger partial charge >= 0.3 is 0 Å². The number of carbonyl (C=O) groups is 2. The van der Waals surface area contributed by atoms with Crippen molar-refractivity contribution >= 4 is 17.6 Å². The van der Waals surface area contributed by atoms with Crippen LogP contribution in [0.3, 0.4) is 0 Å². The maximum atomic E-state index is 13.0. The summed E-state index contributed by atoms with van der Waals surface area (Å²) in [5, 5.41) is 6.96. The van der Waals surface area contributed by atoms with Crippen molar-refractivity contribution in [3.63, 3.8) is 0 Å². The van der Waals surface area contributed by atoms with E-state index in [-0.39, 0.29) is 24.6 Å². The van der Waals surface area contributed by atoms with Crippen LogP contribution in [0.1, 0.15) is 41.5 Å². The molecule has 0 bridgehead atoms. The van der Waals surface area contributed by atoms with E-state index < -0.39 is 5.72 Å². The minimum absolute atomic E-state index is 0.0984. The molecule has 0 radical (unpaired) electrons. The van der Waals surface area contributed by atoms with Gasteiger partial charge in [-0.1, -0.05) is 0 Å². The highest BCUT2D eigenvalue weighted by Gasteiger charge is 2.40. The van der Waals surface area contributed by atoms with Crippen molar-refractivity contribution in [1.82, 2.24) is 14.7 Å². The molecule has 2 amide bonds. The van der Waals surface area contributed by atoms with Gasteiger partial charge in [-0.05, 0) is 45.0 Å². The summed E-state index contributed by atoms with van der Waals surface area (Å²) < 4.78 is 30.1. The second kappa shape index (κ2) is 11.1. The highest BCUT2D eigenvalue weighted by molar-refractivity contribution is 6.04. The summed E-state index contributed by atoms with van der Waals surface area (Å²) in [5.74, 6) is 1.43. The Hall–Kier alpha value is -4.09. The van der Waals surface area contributed by atoms with E-state index in [2.05, 4.69) is 10.4 Å². The highest BCUT2D eigenvalue weighted by Crippen LogP contribution is 2.37. The lowest BCUT2D eigenvalue weighted by atomic mass is 10.1. The van der Waals surface area contributed by atoms with Gasteiger partial charge in [0.2, 0.25) is 0 Å². The fourth-order valence-electron chi connectivity index (χ4n) is 4.02. The van der Waals surface area contributed by atoms with Crippen LogP contribution in [-0.4, -0.2) is 65.9 Å². The van der Waals surface area contributed by atoms with Crippen molar-refractivity contribution in [2.24, 2.45) is 7.05 Å². The molecule has 1 aliphatic rings. The summed E-state index contributed by atoms with van der Waals surface area (Å²) in [6, 6.07) is 11.5. The SMILES string of the molecule is COC[C@H](C)Oc1cc(Oc2ccc3c(c2)OC(C)(C)N(COC)C3=O)cc(C(=O)Nc2ccn(C)n2)c1. The van der Waals surface area contributed by atoms with Crippen LogP contribution in [0.25, 0.3) is 0 Å². The average Bonchev–Trinajstić information content (AvgIpc) is 3.25. The summed E-state index contributed by atoms with van der Waals surface area (Å²) in [5.41, 5.74) is -0.205. The number of hydrogen-bond acceptors (Lipinski definition) is 8. The van der Waals surface area contributed by atoms with Crippen molar-refractivity contribution < 1.29 is 33.3 Å². The molecule has 3 aromatic rings. The molecule has 0 unspecified atom stereocenters. The van der Waals surface area contributed by atoms with Crippen LogP contribution < -0.4 is 19.5 Å². The third kappa shape index (κ3) is 6.06. The number of nitrogens with zero attached hydrogens (tertiary/aromatic N) is 3. The van der Waals surface area contributed by atoms with Gasteiger partial charge in [0.1, 0.15) is 35.8 Å². The topological polar surface area (TPSA) is 113 Å². The number of benzene rings is 2. The molecule has 11 nitrogen and oxygen atoms in total. The van der Waals surface area contributed by atoms with Crippen LogP contribution in [0.15, 0.2) is 48.7 Å². The molecule has 2 aromatic carbocycles. The molecule has 1 N–H and O–H groups in total. The standard InChI is InChI=1S/C27H32N4O7/c1-17(15-34-5)36-20-11-18(25(32)28-24-9-10-30(4)29-24)12-21(13-20)37-19-7-8-22-23(14-19)38-27(2,3)31(16-35-6)26(22)33/h7-14,17H,15-16H2,1-6H3,(H,28,29,32)/t17-/m0/s1. The number of methoxy groups -OCH3 is 2. The molecule has 1 aliphatic heterocycles. The lowest BCUT2D eigenvalue weighted by molar-refractivity contribution is -0.0895. The van der Waals surface area contributed by atoms with Gasteiger partial charge in [-0.25, -0.2) is 0 Å². The van der Waals surface area contributed by atoms with Crippen molar-refractivity contribution in [2.75, 3.05) is 32.9 Å². The molecule has 0 saturated heterocycles. The molecule has 1 atom stereocenters. The molecular formula is C27H32N4O7. The Morgan fingerprint density at radius 2 is 1.84 bits per heavy atom. The molecular weight excluding hydrogens is 492 g/mol. The van der Waals surface area contributed by atoms with Crippen molar-refractivity contribution in [1.29, 1.82) is 0 Å². The Balaban J connectivity index is 1.62. The number of carbonyl (C=O) groups excluding carboxylic acids is 2. The van der Waals surface area contributed by atoms with Gasteiger partial charge in [-0.2, -0.15) is 5.10 Å². The molecule has 202 valence electrons. The fraction of sp³-hybridized carbons (Fsp3) is 0.370. The zero-order valence-electron chi connectivity index (χ0n) is 22.3. The monoisotopic (exact) mass is 524 g/mol. The smallest absolute Gasteiger partial charge is 0.262 e. The number of amides is 2. The van der Waals surface area contributed by atoms with E-state index in [1.165, 1.54) is 12.0 Å². The van der Waals surface area contributed by atoms with Crippen LogP contribution in [0, 0.1) is 0 Å². The van der Waals surface area contributed by atoms with Gasteiger partial charge in [0, 0.05) is 51.2 Å². The number of anilines is 1. The first-order valence-corrected chi connectivity index (χ1v) is 12.0. The molecule has 2 heterocycles. The lowest BCUT2D eigenvalue weighted by Crippen LogP contribution is -2.55. The fourth-order valence-corrected chi connectivity index (χ4v) is 4.02. The molecule has 0 saturated carbocycles. The molecule has 11 heteroatoms. The van der Waals surface area contributed by atoms with E-state index >= 15 is 0 Å². The first kappa shape index (κ1) is 27.0. The zero-order valence-corrected chi connectivity index (χ0v) is 22.3. The number of aryl methyl sites for hydroxylation is 1. The first-order valence-electron chi connectivity index (χ1n) is 12.0. The van der Waals surface area contributed by atoms with Crippen LogP contribution in [0.2, 0.25) is 0 Å². The van der Waals surface area contributed by atoms with E-state index in [0.29, 0.717) is 46.5 Å². The van der Waals surface area contributed by atoms with Gasteiger partial charge in [-0.3, -0.25) is 19.2 Å². The summed E-state index contributed by atoms with van der Waals surface area (Å²) in [4.78, 5) is 27.5. The third-order valence-corrected chi connectivity index (χ3v) is 5.77. The van der Waals surface area contributed by atoms with Gasteiger partial charge < -0.3 is 29.0 Å². The Bertz CT molecular complexity index is 1320. The number of nitrogens with one attached hydrogen (secondary N) is 1. The van der Waals surface area contributed by atoms with E-state index in [1.54, 1.807) is 81.3 Å². The van der Waals surface area contributed by atoms with Gasteiger partial charge in [0.05, 0.1) is 12.2 Å². The minimum atomic E-state index is -0.916. The predicted octanol–water partition coefficient (Wildman–Crippen LogP) is 4.05. The molecule has 1 aromatic heterocycles. The summed E-state index contributed by atoms with van der Waals surface area (Å²) in [6.45, 7) is 5.90. The van der Waals surface area contributed by atoms with Crippen LogP contribution in [0.4, 0.5) is 5.82 Å². The number of rotatable bonds is 10. The Kier molecular flexibility index (Phi) is 7.88. The molecule has 4 rings (SSSR count). The molecule has 0 fully saturated rings. The second-order valence-corrected chi connectivity index (χ2v) is 9.37. The minimum Gasteiger partial charge on any atom is -0.488 e. The van der Waals surface area contributed by atoms with Crippen LogP contribution in [-0.2, 0) is 16.5 Å². The van der Waals surface area contributed by atoms with Gasteiger partial charge in [0.25, 0.3) is 11.8 Å². The Labute approximate surface area is 221 Å². The molecule has 0 spiro atoms. The summed E-state index contributed by atoms with van der Waals surface area (Å²) >= 11 is 0. The van der Waals surface area contributed by atoms with Crippen molar-refractivity contribution in [3.05, 3.63) is 59.8 Å². The van der Waals surface area contributed by atoms with E-state index in [4.69, 9.17) is 23.7 Å². The highest BCUT2D eigenvalue weighted by atomic mass is 16.5. The number of hydrogen-bond donors (Lipinski definition) is 1. The van der Waals surface area contributed by atoms with Gasteiger partial charge in [0.15, 0.2) is 11.5 Å². The molecule has 38 heavy (non-hydrogen) atoms. The Morgan fingerprint density at radius 3 is 2.53 bits per heavy atom. The van der Waals surface area contributed by atoms with E-state index in [0.717, 1.165) is 0 Å². The predicted molar refractivity (Wildman–Crippen MR) is 139 cm³/mol. The van der Waals surface area contributed by atoms with Crippen molar-refractivity contribution in [3.8, 4) is 23.0 Å². The second-order valence-electron chi connectivity index (χ2n) is 9.37. The summed E-state index contributed by atoms with van der Waals surface area (Å²) in [6.07, 6.45) is 1.47. The summed E-state index contributed by atoms with van der Waals surface area (Å²) in [7, 11) is 4.87. The van der Waals surface area contributed by atoms with Crippen LogP contribution >= 0.6 is 0 Å². The maximum absolute atomic E-state index is 13.0.